The van der Waals surface area contributed by atoms with Crippen molar-refractivity contribution in [2.75, 3.05) is 23.9 Å². The van der Waals surface area contributed by atoms with Gasteiger partial charge in [-0.3, -0.25) is 4.79 Å². The summed E-state index contributed by atoms with van der Waals surface area (Å²) in [5.41, 5.74) is 0.982. The first-order valence-corrected chi connectivity index (χ1v) is 7.73. The number of piperidine rings is 1. The van der Waals surface area contributed by atoms with Crippen molar-refractivity contribution < 1.29 is 0 Å². The average molecular weight is 284 g/mol. The number of hydrogen-bond acceptors (Lipinski definition) is 3. The molecule has 5 heteroatoms. The van der Waals surface area contributed by atoms with Gasteiger partial charge in [-0.2, -0.15) is 5.10 Å². The molecule has 1 saturated heterocycles. The zero-order chi connectivity index (χ0) is 13.5. The number of aromatic nitrogens is 2. The quantitative estimate of drug-likeness (QED) is 0.595. The molecule has 1 fully saturated rings. The molecule has 0 bridgehead atoms. The van der Waals surface area contributed by atoms with Crippen LogP contribution in [0.25, 0.3) is 0 Å². The molecule has 19 heavy (non-hydrogen) atoms. The molecule has 0 aromatic carbocycles. The first kappa shape index (κ1) is 14.4. The third kappa shape index (κ3) is 4.23. The summed E-state index contributed by atoms with van der Waals surface area (Å²) in [6.07, 6.45) is 8.55. The number of anilines is 1. The summed E-state index contributed by atoms with van der Waals surface area (Å²) in [6.45, 7) is 2.78. The maximum atomic E-state index is 12.0. The van der Waals surface area contributed by atoms with E-state index in [0.717, 1.165) is 38.0 Å². The minimum atomic E-state index is 0.00828. The standard InChI is InChI=1S/C14H22ClN3O/c15-7-3-1-6-10-18-14(19)11-13(12-16-18)17-8-4-2-5-9-17/h11-12H,1-10H2. The van der Waals surface area contributed by atoms with Crippen LogP contribution in [0.4, 0.5) is 5.69 Å². The van der Waals surface area contributed by atoms with Crippen molar-refractivity contribution in [2.24, 2.45) is 0 Å². The summed E-state index contributed by atoms with van der Waals surface area (Å²) >= 11 is 5.63. The predicted octanol–water partition coefficient (Wildman–Crippen LogP) is 2.64. The summed E-state index contributed by atoms with van der Waals surface area (Å²) < 4.78 is 1.56. The van der Waals surface area contributed by atoms with Gasteiger partial charge in [0.2, 0.25) is 0 Å². The molecule has 4 nitrogen and oxygen atoms in total. The Kier molecular flexibility index (Phi) is 5.70. The van der Waals surface area contributed by atoms with Crippen LogP contribution in [0.3, 0.4) is 0 Å². The fraction of sp³-hybridized carbons (Fsp3) is 0.714. The number of nitrogens with zero attached hydrogens (tertiary/aromatic N) is 3. The van der Waals surface area contributed by atoms with Gasteiger partial charge in [-0.05, 0) is 32.1 Å². The van der Waals surface area contributed by atoms with E-state index < -0.39 is 0 Å². The van der Waals surface area contributed by atoms with E-state index >= 15 is 0 Å². The van der Waals surface area contributed by atoms with Crippen LogP contribution in [0.1, 0.15) is 38.5 Å². The van der Waals surface area contributed by atoms with Crippen molar-refractivity contribution in [3.05, 3.63) is 22.6 Å². The van der Waals surface area contributed by atoms with Gasteiger partial charge in [0.1, 0.15) is 0 Å². The van der Waals surface area contributed by atoms with Crippen LogP contribution in [0.15, 0.2) is 17.1 Å². The highest BCUT2D eigenvalue weighted by molar-refractivity contribution is 6.17. The SMILES string of the molecule is O=c1cc(N2CCCCC2)cnn1CCCCCCl. The maximum absolute atomic E-state index is 12.0. The summed E-state index contributed by atoms with van der Waals surface area (Å²) in [5.74, 6) is 0.691. The lowest BCUT2D eigenvalue weighted by molar-refractivity contribution is 0.525. The Labute approximate surface area is 119 Å². The molecule has 2 heterocycles. The van der Waals surface area contributed by atoms with Crippen molar-refractivity contribution in [3.63, 3.8) is 0 Å². The Morgan fingerprint density at radius 1 is 1.16 bits per heavy atom. The fourth-order valence-corrected chi connectivity index (χ4v) is 2.64. The van der Waals surface area contributed by atoms with E-state index in [4.69, 9.17) is 11.6 Å². The molecule has 2 rings (SSSR count). The van der Waals surface area contributed by atoms with Gasteiger partial charge >= 0.3 is 0 Å². The van der Waals surface area contributed by atoms with E-state index in [0.29, 0.717) is 12.4 Å². The summed E-state index contributed by atoms with van der Waals surface area (Å²) in [4.78, 5) is 14.3. The number of hydrogen-bond donors (Lipinski definition) is 0. The van der Waals surface area contributed by atoms with Crippen molar-refractivity contribution in [2.45, 2.75) is 45.1 Å². The third-order valence-corrected chi connectivity index (χ3v) is 3.85. The Morgan fingerprint density at radius 2 is 1.95 bits per heavy atom. The second-order valence-electron chi connectivity index (χ2n) is 5.07. The lowest BCUT2D eigenvalue weighted by atomic mass is 10.1. The average Bonchev–Trinajstić information content (AvgIpc) is 2.46. The highest BCUT2D eigenvalue weighted by Crippen LogP contribution is 2.16. The first-order valence-electron chi connectivity index (χ1n) is 7.19. The van der Waals surface area contributed by atoms with Crippen LogP contribution < -0.4 is 10.5 Å². The van der Waals surface area contributed by atoms with E-state index in [1.54, 1.807) is 10.7 Å². The van der Waals surface area contributed by atoms with Gasteiger partial charge in [-0.1, -0.05) is 6.42 Å². The van der Waals surface area contributed by atoms with Crippen LogP contribution in [0.5, 0.6) is 0 Å². The Bertz CT molecular complexity index is 441. The predicted molar refractivity (Wildman–Crippen MR) is 79.1 cm³/mol. The molecule has 0 radical (unpaired) electrons. The van der Waals surface area contributed by atoms with E-state index in [-0.39, 0.29) is 5.56 Å². The number of rotatable bonds is 6. The molecule has 1 aromatic rings. The van der Waals surface area contributed by atoms with Gasteiger partial charge in [-0.15, -0.1) is 11.6 Å². The van der Waals surface area contributed by atoms with Crippen molar-refractivity contribution >= 4 is 17.3 Å². The lowest BCUT2D eigenvalue weighted by Gasteiger charge is -2.28. The van der Waals surface area contributed by atoms with Gasteiger partial charge < -0.3 is 4.90 Å². The summed E-state index contributed by atoms with van der Waals surface area (Å²) in [7, 11) is 0. The van der Waals surface area contributed by atoms with Crippen molar-refractivity contribution in [3.8, 4) is 0 Å². The largest absolute Gasteiger partial charge is 0.370 e. The third-order valence-electron chi connectivity index (χ3n) is 3.58. The number of aryl methyl sites for hydroxylation is 1. The van der Waals surface area contributed by atoms with Crippen molar-refractivity contribution in [1.82, 2.24) is 9.78 Å². The zero-order valence-electron chi connectivity index (χ0n) is 11.4. The fourth-order valence-electron chi connectivity index (χ4n) is 2.45. The Balaban J connectivity index is 1.94. The van der Waals surface area contributed by atoms with Gasteiger partial charge in [0, 0.05) is 31.6 Å². The van der Waals surface area contributed by atoms with Crippen LogP contribution >= 0.6 is 11.6 Å². The molecule has 0 aliphatic carbocycles. The molecule has 106 valence electrons. The molecule has 0 N–H and O–H groups in total. The summed E-state index contributed by atoms with van der Waals surface area (Å²) in [5, 5.41) is 4.28. The number of unbranched alkanes of at least 4 members (excludes halogenated alkanes) is 2. The molecular formula is C14H22ClN3O. The highest BCUT2D eigenvalue weighted by Gasteiger charge is 2.12. The van der Waals surface area contributed by atoms with E-state index in [1.165, 1.54) is 19.3 Å². The van der Waals surface area contributed by atoms with Gasteiger partial charge in [0.15, 0.2) is 0 Å². The minimum Gasteiger partial charge on any atom is -0.370 e. The second kappa shape index (κ2) is 7.53. The molecule has 0 spiro atoms. The molecule has 0 saturated carbocycles. The minimum absolute atomic E-state index is 0.00828. The van der Waals surface area contributed by atoms with Crippen LogP contribution in [0, 0.1) is 0 Å². The molecule has 0 unspecified atom stereocenters. The molecule has 1 aliphatic heterocycles. The summed E-state index contributed by atoms with van der Waals surface area (Å²) in [6, 6.07) is 1.72. The molecule has 0 amide bonds. The normalized spacial score (nSPS) is 15.7. The smallest absolute Gasteiger partial charge is 0.268 e. The van der Waals surface area contributed by atoms with Crippen LogP contribution in [-0.2, 0) is 6.54 Å². The molecule has 1 aliphatic rings. The topological polar surface area (TPSA) is 38.1 Å². The van der Waals surface area contributed by atoms with Gasteiger partial charge in [0.25, 0.3) is 5.56 Å². The van der Waals surface area contributed by atoms with Crippen LogP contribution in [-0.4, -0.2) is 28.8 Å². The number of halogens is 1. The van der Waals surface area contributed by atoms with E-state index in [9.17, 15) is 4.79 Å². The zero-order valence-corrected chi connectivity index (χ0v) is 12.1. The molecule has 0 atom stereocenters. The van der Waals surface area contributed by atoms with Gasteiger partial charge in [-0.25, -0.2) is 4.68 Å². The second-order valence-corrected chi connectivity index (χ2v) is 5.45. The molecular weight excluding hydrogens is 262 g/mol. The van der Waals surface area contributed by atoms with Crippen LogP contribution in [0.2, 0.25) is 0 Å². The molecule has 1 aromatic heterocycles. The van der Waals surface area contributed by atoms with Gasteiger partial charge in [0.05, 0.1) is 11.9 Å². The monoisotopic (exact) mass is 283 g/mol. The Morgan fingerprint density at radius 3 is 2.63 bits per heavy atom. The maximum Gasteiger partial charge on any atom is 0.268 e. The lowest BCUT2D eigenvalue weighted by Crippen LogP contribution is -2.32. The first-order chi connectivity index (χ1) is 9.31. The Hall–Kier alpha value is -1.03. The number of alkyl halides is 1. The van der Waals surface area contributed by atoms with E-state index in [2.05, 4.69) is 10.00 Å². The highest BCUT2D eigenvalue weighted by atomic mass is 35.5. The van der Waals surface area contributed by atoms with Crippen molar-refractivity contribution in [1.29, 1.82) is 0 Å². The van der Waals surface area contributed by atoms with E-state index in [1.807, 2.05) is 6.20 Å².